The molecule has 1 aliphatic rings. The van der Waals surface area contributed by atoms with Crippen LogP contribution in [0.15, 0.2) is 30.4 Å². The Morgan fingerprint density at radius 1 is 1.06 bits per heavy atom. The van der Waals surface area contributed by atoms with E-state index in [2.05, 4.69) is 59.4 Å². The molecule has 0 fully saturated rings. The lowest BCUT2D eigenvalue weighted by atomic mass is 9.61. The molecule has 0 N–H and O–H groups in total. The Morgan fingerprint density at radius 3 is 2.31 bits per heavy atom. The summed E-state index contributed by atoms with van der Waals surface area (Å²) in [7, 11) is 0. The summed E-state index contributed by atoms with van der Waals surface area (Å²) in [6.45, 7) is 15.7. The Bertz CT molecular complexity index is 447. The van der Waals surface area contributed by atoms with Crippen molar-refractivity contribution < 1.29 is 0 Å². The highest BCUT2D eigenvalue weighted by molar-refractivity contribution is 5.49. The first-order chi connectivity index (χ1) is 7.25. The van der Waals surface area contributed by atoms with E-state index in [4.69, 9.17) is 0 Å². The van der Waals surface area contributed by atoms with Crippen LogP contribution in [0.25, 0.3) is 0 Å². The second-order valence-corrected chi connectivity index (χ2v) is 6.34. The van der Waals surface area contributed by atoms with Crippen LogP contribution in [0, 0.1) is 6.92 Å². The van der Waals surface area contributed by atoms with Gasteiger partial charge in [-0.1, -0.05) is 63.6 Å². The molecule has 0 heterocycles. The number of fused-ring (bicyclic) bond motifs is 1. The lowest BCUT2D eigenvalue weighted by Crippen LogP contribution is -2.35. The van der Waals surface area contributed by atoms with Crippen LogP contribution in [0.3, 0.4) is 0 Å². The summed E-state index contributed by atoms with van der Waals surface area (Å²) in [5.74, 6) is 0. The van der Waals surface area contributed by atoms with Crippen molar-refractivity contribution in [1.29, 1.82) is 0 Å². The van der Waals surface area contributed by atoms with Crippen molar-refractivity contribution in [3.63, 3.8) is 0 Å². The van der Waals surface area contributed by atoms with Gasteiger partial charge in [-0.05, 0) is 29.9 Å². The first-order valence-corrected chi connectivity index (χ1v) is 6.05. The molecule has 0 aromatic heterocycles. The minimum atomic E-state index is 0.122. The second kappa shape index (κ2) is 3.23. The van der Waals surface area contributed by atoms with E-state index in [9.17, 15) is 0 Å². The molecule has 86 valence electrons. The van der Waals surface area contributed by atoms with Gasteiger partial charge in [0, 0.05) is 5.41 Å². The molecule has 0 spiro atoms. The molecule has 0 amide bonds. The van der Waals surface area contributed by atoms with Gasteiger partial charge in [0.05, 0.1) is 0 Å². The van der Waals surface area contributed by atoms with Crippen molar-refractivity contribution in [2.45, 2.75) is 51.9 Å². The van der Waals surface area contributed by atoms with Crippen LogP contribution in [0.4, 0.5) is 0 Å². The third kappa shape index (κ3) is 1.52. The molecule has 0 atom stereocenters. The normalized spacial score (nSPS) is 21.7. The van der Waals surface area contributed by atoms with E-state index in [1.54, 1.807) is 0 Å². The van der Waals surface area contributed by atoms with Crippen molar-refractivity contribution in [2.24, 2.45) is 0 Å². The maximum Gasteiger partial charge on any atom is 0.0106 e. The second-order valence-electron chi connectivity index (χ2n) is 6.34. The summed E-state index contributed by atoms with van der Waals surface area (Å²) in [6, 6.07) is 6.87. The van der Waals surface area contributed by atoms with E-state index >= 15 is 0 Å². The number of hydrogen-bond donors (Lipinski definition) is 0. The van der Waals surface area contributed by atoms with Gasteiger partial charge in [0.25, 0.3) is 0 Å². The van der Waals surface area contributed by atoms with Crippen LogP contribution in [-0.4, -0.2) is 0 Å². The van der Waals surface area contributed by atoms with Gasteiger partial charge >= 0.3 is 0 Å². The highest BCUT2D eigenvalue weighted by Gasteiger charge is 2.39. The van der Waals surface area contributed by atoms with E-state index in [1.165, 1.54) is 22.3 Å². The largest absolute Gasteiger partial charge is 0.0989 e. The van der Waals surface area contributed by atoms with Gasteiger partial charge in [0.1, 0.15) is 0 Å². The number of aryl methyl sites for hydroxylation is 1. The van der Waals surface area contributed by atoms with Gasteiger partial charge < -0.3 is 0 Å². The van der Waals surface area contributed by atoms with Gasteiger partial charge in [-0.2, -0.15) is 0 Å². The van der Waals surface area contributed by atoms with E-state index in [-0.39, 0.29) is 10.8 Å². The highest BCUT2D eigenvalue weighted by atomic mass is 14.4. The minimum Gasteiger partial charge on any atom is -0.0989 e. The van der Waals surface area contributed by atoms with Crippen LogP contribution in [0.2, 0.25) is 0 Å². The zero-order chi connectivity index (χ0) is 12.1. The Kier molecular flexibility index (Phi) is 2.31. The van der Waals surface area contributed by atoms with Gasteiger partial charge in [-0.25, -0.2) is 0 Å². The Morgan fingerprint density at radius 2 is 1.69 bits per heavy atom. The fraction of sp³-hybridized carbons (Fsp3) is 0.500. The number of rotatable bonds is 0. The summed E-state index contributed by atoms with van der Waals surface area (Å²) in [5.41, 5.74) is 6.02. The zero-order valence-electron chi connectivity index (χ0n) is 11.1. The molecule has 0 heteroatoms. The van der Waals surface area contributed by atoms with Crippen LogP contribution in [-0.2, 0) is 10.8 Å². The SMILES string of the molecule is C=C1CC(C)(C)c2ccc(C)cc2C1(C)C. The quantitative estimate of drug-likeness (QED) is 0.557. The van der Waals surface area contributed by atoms with Gasteiger partial charge in [0.2, 0.25) is 0 Å². The van der Waals surface area contributed by atoms with Crippen molar-refractivity contribution in [3.05, 3.63) is 47.0 Å². The topological polar surface area (TPSA) is 0 Å². The molecule has 0 bridgehead atoms. The first-order valence-electron chi connectivity index (χ1n) is 6.05. The monoisotopic (exact) mass is 214 g/mol. The summed E-state index contributed by atoms with van der Waals surface area (Å²) in [5, 5.41) is 0. The summed E-state index contributed by atoms with van der Waals surface area (Å²) < 4.78 is 0. The molecule has 1 aromatic carbocycles. The van der Waals surface area contributed by atoms with Gasteiger partial charge in [0.15, 0.2) is 0 Å². The van der Waals surface area contributed by atoms with Crippen molar-refractivity contribution in [2.75, 3.05) is 0 Å². The molecule has 0 saturated heterocycles. The maximum atomic E-state index is 4.29. The van der Waals surface area contributed by atoms with Gasteiger partial charge in [-0.15, -0.1) is 0 Å². The lowest BCUT2D eigenvalue weighted by Gasteiger charge is -2.43. The molecular weight excluding hydrogens is 192 g/mol. The number of allylic oxidation sites excluding steroid dienone is 1. The van der Waals surface area contributed by atoms with Crippen LogP contribution >= 0.6 is 0 Å². The van der Waals surface area contributed by atoms with Crippen LogP contribution in [0.5, 0.6) is 0 Å². The average Bonchev–Trinajstić information content (AvgIpc) is 2.14. The number of benzene rings is 1. The summed E-state index contributed by atoms with van der Waals surface area (Å²) in [4.78, 5) is 0. The smallest absolute Gasteiger partial charge is 0.0106 e. The average molecular weight is 214 g/mol. The molecule has 0 saturated carbocycles. The third-order valence-corrected chi connectivity index (χ3v) is 4.12. The van der Waals surface area contributed by atoms with Gasteiger partial charge in [-0.3, -0.25) is 0 Å². The Hall–Kier alpha value is -1.04. The molecule has 0 unspecified atom stereocenters. The van der Waals surface area contributed by atoms with E-state index in [1.807, 2.05) is 0 Å². The predicted molar refractivity (Wildman–Crippen MR) is 71.0 cm³/mol. The first kappa shape index (κ1) is 11.4. The molecule has 2 rings (SSSR count). The molecular formula is C16H22. The molecule has 16 heavy (non-hydrogen) atoms. The van der Waals surface area contributed by atoms with E-state index in [0.29, 0.717) is 0 Å². The Labute approximate surface area is 99.4 Å². The summed E-state index contributed by atoms with van der Waals surface area (Å²) in [6.07, 6.45) is 1.09. The zero-order valence-corrected chi connectivity index (χ0v) is 11.1. The van der Waals surface area contributed by atoms with Crippen LogP contribution in [0.1, 0.15) is 50.8 Å². The molecule has 0 aliphatic heterocycles. The Balaban J connectivity index is 2.73. The molecule has 0 radical (unpaired) electrons. The van der Waals surface area contributed by atoms with Crippen LogP contribution < -0.4 is 0 Å². The molecule has 0 nitrogen and oxygen atoms in total. The highest BCUT2D eigenvalue weighted by Crippen LogP contribution is 2.48. The standard InChI is InChI=1S/C16H22/c1-11-7-8-13-14(9-11)16(5,6)12(2)10-15(13,3)4/h7-9H,2,10H2,1,3-6H3. The lowest BCUT2D eigenvalue weighted by molar-refractivity contribution is 0.422. The predicted octanol–water partition coefficient (Wildman–Crippen LogP) is 4.51. The van der Waals surface area contributed by atoms with Crippen molar-refractivity contribution >= 4 is 0 Å². The third-order valence-electron chi connectivity index (χ3n) is 4.12. The molecule has 1 aliphatic carbocycles. The fourth-order valence-corrected chi connectivity index (χ4v) is 2.81. The van der Waals surface area contributed by atoms with E-state index in [0.717, 1.165) is 6.42 Å². The maximum absolute atomic E-state index is 4.29. The summed E-state index contributed by atoms with van der Waals surface area (Å²) >= 11 is 0. The van der Waals surface area contributed by atoms with E-state index < -0.39 is 0 Å². The number of hydrogen-bond acceptors (Lipinski definition) is 0. The fourth-order valence-electron chi connectivity index (χ4n) is 2.81. The minimum absolute atomic E-state index is 0.122. The molecule has 1 aromatic rings. The van der Waals surface area contributed by atoms with Crippen molar-refractivity contribution in [3.8, 4) is 0 Å². The van der Waals surface area contributed by atoms with Crippen molar-refractivity contribution in [1.82, 2.24) is 0 Å².